The normalized spacial score (nSPS) is 17.6. The number of nitrogens with one attached hydrogen (secondary N) is 1. The summed E-state index contributed by atoms with van der Waals surface area (Å²) in [5.41, 5.74) is 7.59. The van der Waals surface area contributed by atoms with Gasteiger partial charge in [0.05, 0.1) is 12.0 Å². The molecule has 3 heterocycles. The van der Waals surface area contributed by atoms with Gasteiger partial charge in [-0.3, -0.25) is 19.4 Å². The third-order valence-electron chi connectivity index (χ3n) is 6.97. The Labute approximate surface area is 220 Å². The highest BCUT2D eigenvalue weighted by Gasteiger charge is 2.55. The van der Waals surface area contributed by atoms with Crippen LogP contribution >= 0.6 is 0 Å². The standard InChI is InChI=1S/C27H32FN7O3/c1-5-7-21(18-8-6-9-20(28)16(18)2)32-27(38)35-23(25(37)34(4)26-31-12-13-33(26)3)19(24(35)36)14-17-10-11-30-22(29)15-17/h6,8-13,15,19,21,23H,5,7,14H2,1-4H3,(H2,29,30)(H,32,38)/t19-,21-,23+/m1/s1. The summed E-state index contributed by atoms with van der Waals surface area (Å²) in [7, 11) is 3.30. The number of likely N-dealkylation sites (N-methyl/N-ethyl adjacent to an activating group) is 1. The largest absolute Gasteiger partial charge is 0.384 e. The molecular weight excluding hydrogens is 489 g/mol. The van der Waals surface area contributed by atoms with E-state index in [1.807, 2.05) is 6.92 Å². The lowest BCUT2D eigenvalue weighted by Crippen LogP contribution is -2.70. The van der Waals surface area contributed by atoms with Gasteiger partial charge in [-0.25, -0.2) is 19.2 Å². The van der Waals surface area contributed by atoms with Gasteiger partial charge in [-0.15, -0.1) is 0 Å². The predicted octanol–water partition coefficient (Wildman–Crippen LogP) is 3.13. The lowest BCUT2D eigenvalue weighted by atomic mass is 9.81. The number of benzene rings is 1. The molecule has 0 saturated carbocycles. The van der Waals surface area contributed by atoms with Gasteiger partial charge < -0.3 is 15.6 Å². The van der Waals surface area contributed by atoms with E-state index in [4.69, 9.17) is 5.73 Å². The third kappa shape index (κ3) is 5.09. The minimum absolute atomic E-state index is 0.210. The van der Waals surface area contributed by atoms with Gasteiger partial charge in [0.25, 0.3) is 5.91 Å². The van der Waals surface area contributed by atoms with Crippen LogP contribution in [0.15, 0.2) is 48.9 Å². The Kier molecular flexibility index (Phi) is 7.75. The van der Waals surface area contributed by atoms with Crippen molar-refractivity contribution in [2.45, 2.75) is 45.2 Å². The molecule has 4 rings (SSSR count). The van der Waals surface area contributed by atoms with Gasteiger partial charge in [0.1, 0.15) is 17.7 Å². The Balaban J connectivity index is 1.63. The van der Waals surface area contributed by atoms with Gasteiger partial charge in [0.15, 0.2) is 0 Å². The number of pyridine rings is 1. The van der Waals surface area contributed by atoms with Gasteiger partial charge in [-0.2, -0.15) is 0 Å². The fourth-order valence-electron chi connectivity index (χ4n) is 4.92. The third-order valence-corrected chi connectivity index (χ3v) is 6.97. The summed E-state index contributed by atoms with van der Waals surface area (Å²) in [6, 6.07) is 5.78. The maximum Gasteiger partial charge on any atom is 0.325 e. The van der Waals surface area contributed by atoms with E-state index in [0.29, 0.717) is 35.7 Å². The first-order valence-corrected chi connectivity index (χ1v) is 12.5. The Morgan fingerprint density at radius 2 is 2.00 bits per heavy atom. The lowest BCUT2D eigenvalue weighted by Gasteiger charge is -2.46. The zero-order valence-corrected chi connectivity index (χ0v) is 21.9. The summed E-state index contributed by atoms with van der Waals surface area (Å²) in [6.07, 6.45) is 6.24. The van der Waals surface area contributed by atoms with Crippen molar-refractivity contribution in [3.63, 3.8) is 0 Å². The van der Waals surface area contributed by atoms with E-state index in [-0.39, 0.29) is 12.2 Å². The number of nitrogens with two attached hydrogens (primary N) is 1. The monoisotopic (exact) mass is 521 g/mol. The van der Waals surface area contributed by atoms with Crippen molar-refractivity contribution in [2.75, 3.05) is 17.7 Å². The van der Waals surface area contributed by atoms with Crippen LogP contribution in [0.4, 0.5) is 21.0 Å². The van der Waals surface area contributed by atoms with Crippen molar-refractivity contribution in [3.8, 4) is 0 Å². The number of anilines is 2. The first kappa shape index (κ1) is 26.8. The van der Waals surface area contributed by atoms with Gasteiger partial charge >= 0.3 is 6.03 Å². The van der Waals surface area contributed by atoms with Crippen LogP contribution in [0.1, 0.15) is 42.5 Å². The number of nitrogen functional groups attached to an aromatic ring is 1. The van der Waals surface area contributed by atoms with Crippen molar-refractivity contribution in [3.05, 3.63) is 71.4 Å². The number of imide groups is 1. The Morgan fingerprint density at radius 3 is 2.66 bits per heavy atom. The van der Waals surface area contributed by atoms with E-state index in [9.17, 15) is 18.8 Å². The molecule has 38 heavy (non-hydrogen) atoms. The summed E-state index contributed by atoms with van der Waals surface area (Å²) in [6.45, 7) is 3.60. The number of urea groups is 1. The zero-order chi connectivity index (χ0) is 27.6. The average Bonchev–Trinajstić information content (AvgIpc) is 3.31. The van der Waals surface area contributed by atoms with Crippen molar-refractivity contribution >= 4 is 29.6 Å². The summed E-state index contributed by atoms with van der Waals surface area (Å²) in [4.78, 5) is 51.1. The maximum atomic E-state index is 14.3. The molecule has 0 radical (unpaired) electrons. The number of rotatable bonds is 8. The number of hydrogen-bond donors (Lipinski definition) is 2. The van der Waals surface area contributed by atoms with Crippen LogP contribution < -0.4 is 16.0 Å². The van der Waals surface area contributed by atoms with Crippen molar-refractivity contribution in [1.29, 1.82) is 0 Å². The number of hydrogen-bond acceptors (Lipinski definition) is 6. The molecule has 3 atom stereocenters. The second-order valence-corrected chi connectivity index (χ2v) is 9.53. The van der Waals surface area contributed by atoms with Crippen molar-refractivity contribution < 1.29 is 18.8 Å². The number of carbonyl (C=O) groups excluding carboxylic acids is 3. The highest BCUT2D eigenvalue weighted by Crippen LogP contribution is 2.33. The zero-order valence-electron chi connectivity index (χ0n) is 21.9. The highest BCUT2D eigenvalue weighted by molar-refractivity contribution is 6.12. The lowest BCUT2D eigenvalue weighted by molar-refractivity contribution is -0.156. The second kappa shape index (κ2) is 11.0. The maximum absolute atomic E-state index is 14.3. The molecule has 1 aromatic carbocycles. The first-order valence-electron chi connectivity index (χ1n) is 12.5. The molecule has 3 aromatic rings. The van der Waals surface area contributed by atoms with Gasteiger partial charge in [0, 0.05) is 32.7 Å². The van der Waals surface area contributed by atoms with E-state index in [2.05, 4.69) is 15.3 Å². The molecule has 2 aromatic heterocycles. The van der Waals surface area contributed by atoms with Crippen LogP contribution in [-0.2, 0) is 23.1 Å². The number of nitrogens with zero attached hydrogens (tertiary/aromatic N) is 5. The van der Waals surface area contributed by atoms with Crippen LogP contribution in [-0.4, -0.2) is 50.4 Å². The number of halogens is 1. The highest BCUT2D eigenvalue weighted by atomic mass is 19.1. The Hall–Kier alpha value is -4.28. The summed E-state index contributed by atoms with van der Waals surface area (Å²) < 4.78 is 15.9. The molecule has 1 saturated heterocycles. The number of aromatic nitrogens is 3. The summed E-state index contributed by atoms with van der Waals surface area (Å²) >= 11 is 0. The van der Waals surface area contributed by atoms with E-state index in [1.165, 1.54) is 17.2 Å². The molecule has 10 nitrogen and oxygen atoms in total. The van der Waals surface area contributed by atoms with E-state index in [1.54, 1.807) is 62.2 Å². The molecule has 0 unspecified atom stereocenters. The molecule has 0 bridgehead atoms. The smallest absolute Gasteiger partial charge is 0.325 e. The topological polar surface area (TPSA) is 126 Å². The molecule has 4 amide bonds. The molecule has 11 heteroatoms. The number of likely N-dealkylation sites (tertiary alicyclic amines) is 1. The van der Waals surface area contributed by atoms with Crippen LogP contribution in [0.3, 0.4) is 0 Å². The molecule has 1 aliphatic heterocycles. The number of amides is 4. The molecule has 1 aliphatic rings. The number of aryl methyl sites for hydroxylation is 1. The fraction of sp³-hybridized carbons (Fsp3) is 0.370. The van der Waals surface area contributed by atoms with E-state index >= 15 is 0 Å². The molecular formula is C27H32FN7O3. The van der Waals surface area contributed by atoms with Gasteiger partial charge in [-0.05, 0) is 54.7 Å². The first-order chi connectivity index (χ1) is 18.1. The summed E-state index contributed by atoms with van der Waals surface area (Å²) in [5, 5.41) is 2.88. The Bertz CT molecular complexity index is 1360. The van der Waals surface area contributed by atoms with E-state index in [0.717, 1.165) is 10.5 Å². The van der Waals surface area contributed by atoms with Crippen LogP contribution in [0.5, 0.6) is 0 Å². The molecule has 1 fully saturated rings. The van der Waals surface area contributed by atoms with Gasteiger partial charge in [0.2, 0.25) is 11.9 Å². The van der Waals surface area contributed by atoms with Gasteiger partial charge in [-0.1, -0.05) is 25.5 Å². The number of carbonyl (C=O) groups is 3. The predicted molar refractivity (Wildman–Crippen MR) is 140 cm³/mol. The Morgan fingerprint density at radius 1 is 1.24 bits per heavy atom. The quantitative estimate of drug-likeness (QED) is 0.439. The SMILES string of the molecule is CCC[C@@H](NC(=O)N1C(=O)[C@H](Cc2ccnc(N)c2)[C@H]1C(=O)N(C)c1nccn1C)c1cccc(F)c1C. The van der Waals surface area contributed by atoms with Crippen molar-refractivity contribution in [1.82, 2.24) is 24.8 Å². The minimum Gasteiger partial charge on any atom is -0.384 e. The molecule has 3 N–H and O–H groups in total. The number of β-lactam (4-membered cyclic amide) rings is 1. The summed E-state index contributed by atoms with van der Waals surface area (Å²) in [5.74, 6) is -1.41. The van der Waals surface area contributed by atoms with Crippen LogP contribution in [0.25, 0.3) is 0 Å². The molecule has 0 spiro atoms. The molecule has 200 valence electrons. The minimum atomic E-state index is -1.06. The fourth-order valence-corrected chi connectivity index (χ4v) is 4.92. The number of imidazole rings is 1. The van der Waals surface area contributed by atoms with Crippen molar-refractivity contribution in [2.24, 2.45) is 13.0 Å². The van der Waals surface area contributed by atoms with E-state index < -0.39 is 35.8 Å². The average molecular weight is 522 g/mol. The van der Waals surface area contributed by atoms with Crippen LogP contribution in [0, 0.1) is 18.7 Å². The van der Waals surface area contributed by atoms with Crippen LogP contribution in [0.2, 0.25) is 0 Å². The second-order valence-electron chi connectivity index (χ2n) is 9.53. The molecule has 0 aliphatic carbocycles.